The van der Waals surface area contributed by atoms with Crippen LogP contribution < -0.4 is 11.1 Å². The van der Waals surface area contributed by atoms with Crippen LogP contribution in [0, 0.1) is 12.7 Å². The second kappa shape index (κ2) is 6.18. The van der Waals surface area contributed by atoms with E-state index >= 15 is 0 Å². The lowest BCUT2D eigenvalue weighted by Crippen LogP contribution is -2.24. The topological polar surface area (TPSA) is 72.4 Å². The van der Waals surface area contributed by atoms with Gasteiger partial charge in [0.1, 0.15) is 11.6 Å². The molecule has 23 heavy (non-hydrogen) atoms. The molecule has 0 bridgehead atoms. The molecule has 3 rings (SSSR count). The van der Waals surface area contributed by atoms with E-state index in [0.29, 0.717) is 16.8 Å². The van der Waals surface area contributed by atoms with Gasteiger partial charge in [0.15, 0.2) is 5.69 Å². The minimum atomic E-state index is -0.376. The lowest BCUT2D eigenvalue weighted by Gasteiger charge is -2.07. The number of benzene rings is 1. The van der Waals surface area contributed by atoms with E-state index in [1.165, 1.54) is 6.07 Å². The van der Waals surface area contributed by atoms with Crippen LogP contribution in [0.1, 0.15) is 27.4 Å². The van der Waals surface area contributed by atoms with Crippen LogP contribution in [0.25, 0.3) is 5.52 Å². The Morgan fingerprint density at radius 3 is 2.91 bits per heavy atom. The number of hydrogen-bond donors (Lipinski definition) is 2. The Labute approximate surface area is 133 Å². The molecule has 2 heterocycles. The van der Waals surface area contributed by atoms with Crippen LogP contribution in [0.5, 0.6) is 0 Å². The van der Waals surface area contributed by atoms with Crippen molar-refractivity contribution in [3.05, 3.63) is 71.1 Å². The maximum Gasteiger partial charge on any atom is 0.272 e. The predicted octanol–water partition coefficient (Wildman–Crippen LogP) is 2.17. The van der Waals surface area contributed by atoms with Gasteiger partial charge in [0, 0.05) is 24.8 Å². The van der Waals surface area contributed by atoms with Gasteiger partial charge < -0.3 is 15.5 Å². The molecule has 0 aliphatic carbocycles. The maximum atomic E-state index is 13.9. The van der Waals surface area contributed by atoms with Crippen molar-refractivity contribution >= 4 is 11.4 Å². The molecule has 0 fully saturated rings. The molecule has 2 aromatic heterocycles. The van der Waals surface area contributed by atoms with Crippen molar-refractivity contribution in [1.82, 2.24) is 14.7 Å². The summed E-state index contributed by atoms with van der Waals surface area (Å²) in [6.45, 7) is 2.21. The fourth-order valence-corrected chi connectivity index (χ4v) is 2.48. The van der Waals surface area contributed by atoms with Crippen molar-refractivity contribution < 1.29 is 9.18 Å². The number of hydrogen-bond acceptors (Lipinski definition) is 3. The van der Waals surface area contributed by atoms with Gasteiger partial charge in [0.2, 0.25) is 0 Å². The SMILES string of the molecule is Cc1nc(C(=O)NCc2ccc(CN)cc2F)c2ccccn12. The quantitative estimate of drug-likeness (QED) is 0.775. The normalized spacial score (nSPS) is 10.9. The molecule has 0 saturated carbocycles. The van der Waals surface area contributed by atoms with Gasteiger partial charge in [-0.05, 0) is 30.7 Å². The van der Waals surface area contributed by atoms with Crippen molar-refractivity contribution in [3.63, 3.8) is 0 Å². The van der Waals surface area contributed by atoms with Crippen molar-refractivity contribution in [2.45, 2.75) is 20.0 Å². The Morgan fingerprint density at radius 2 is 2.17 bits per heavy atom. The van der Waals surface area contributed by atoms with Crippen molar-refractivity contribution in [1.29, 1.82) is 0 Å². The summed E-state index contributed by atoms with van der Waals surface area (Å²) in [5, 5.41) is 2.71. The van der Waals surface area contributed by atoms with Crippen molar-refractivity contribution in [3.8, 4) is 0 Å². The molecule has 3 N–H and O–H groups in total. The van der Waals surface area contributed by atoms with Gasteiger partial charge in [-0.15, -0.1) is 0 Å². The number of rotatable bonds is 4. The molecular formula is C17H17FN4O. The van der Waals surface area contributed by atoms with Gasteiger partial charge in [-0.3, -0.25) is 4.79 Å². The lowest BCUT2D eigenvalue weighted by atomic mass is 10.1. The van der Waals surface area contributed by atoms with Crippen LogP contribution in [0.3, 0.4) is 0 Å². The average molecular weight is 312 g/mol. The molecular weight excluding hydrogens is 295 g/mol. The van der Waals surface area contributed by atoms with Crippen LogP contribution >= 0.6 is 0 Å². The van der Waals surface area contributed by atoms with Crippen LogP contribution in [0.4, 0.5) is 4.39 Å². The molecule has 6 heteroatoms. The molecule has 118 valence electrons. The highest BCUT2D eigenvalue weighted by Gasteiger charge is 2.15. The summed E-state index contributed by atoms with van der Waals surface area (Å²) in [6, 6.07) is 10.3. The molecule has 1 aromatic carbocycles. The predicted molar refractivity (Wildman–Crippen MR) is 85.4 cm³/mol. The summed E-state index contributed by atoms with van der Waals surface area (Å²) in [5.41, 5.74) is 7.66. The number of amides is 1. The molecule has 0 aliphatic heterocycles. The highest BCUT2D eigenvalue weighted by molar-refractivity contribution is 5.99. The number of nitrogens with one attached hydrogen (secondary N) is 1. The first kappa shape index (κ1) is 15.2. The largest absolute Gasteiger partial charge is 0.346 e. The summed E-state index contributed by atoms with van der Waals surface area (Å²) in [5.74, 6) is 0.0208. The molecule has 0 aliphatic rings. The number of aromatic nitrogens is 2. The van der Waals surface area contributed by atoms with E-state index < -0.39 is 0 Å². The second-order valence-electron chi connectivity index (χ2n) is 5.28. The summed E-state index contributed by atoms with van der Waals surface area (Å²) in [6.07, 6.45) is 1.85. The third-order valence-electron chi connectivity index (χ3n) is 3.73. The summed E-state index contributed by atoms with van der Waals surface area (Å²) >= 11 is 0. The monoisotopic (exact) mass is 312 g/mol. The number of carbonyl (C=O) groups is 1. The van der Waals surface area contributed by atoms with Gasteiger partial charge in [0.25, 0.3) is 5.91 Å². The Hall–Kier alpha value is -2.73. The fraction of sp³-hybridized carbons (Fsp3) is 0.176. The summed E-state index contributed by atoms with van der Waals surface area (Å²) in [4.78, 5) is 16.6. The Kier molecular flexibility index (Phi) is 4.08. The number of fused-ring (bicyclic) bond motifs is 1. The molecule has 0 spiro atoms. The molecule has 0 atom stereocenters. The number of nitrogens with two attached hydrogens (primary N) is 1. The summed E-state index contributed by atoms with van der Waals surface area (Å²) in [7, 11) is 0. The number of nitrogens with zero attached hydrogens (tertiary/aromatic N) is 2. The summed E-state index contributed by atoms with van der Waals surface area (Å²) < 4.78 is 15.8. The maximum absolute atomic E-state index is 13.9. The van der Waals surface area contributed by atoms with E-state index in [2.05, 4.69) is 10.3 Å². The Bertz CT molecular complexity index is 872. The zero-order valence-corrected chi connectivity index (χ0v) is 12.7. The van der Waals surface area contributed by atoms with Gasteiger partial charge in [-0.1, -0.05) is 18.2 Å². The van der Waals surface area contributed by atoms with Gasteiger partial charge in [-0.25, -0.2) is 9.37 Å². The van der Waals surface area contributed by atoms with E-state index in [4.69, 9.17) is 5.73 Å². The van der Waals surface area contributed by atoms with Crippen LogP contribution in [-0.4, -0.2) is 15.3 Å². The molecule has 0 saturated heterocycles. The first-order valence-corrected chi connectivity index (χ1v) is 7.29. The molecule has 0 unspecified atom stereocenters. The minimum Gasteiger partial charge on any atom is -0.346 e. The average Bonchev–Trinajstić information content (AvgIpc) is 2.91. The van der Waals surface area contributed by atoms with E-state index in [1.807, 2.05) is 35.7 Å². The van der Waals surface area contributed by atoms with Crippen LogP contribution in [0.2, 0.25) is 0 Å². The Morgan fingerprint density at radius 1 is 1.35 bits per heavy atom. The molecule has 1 amide bonds. The number of carbonyl (C=O) groups excluding carboxylic acids is 1. The number of imidazole rings is 1. The third-order valence-corrected chi connectivity index (χ3v) is 3.73. The highest BCUT2D eigenvalue weighted by atomic mass is 19.1. The fourth-order valence-electron chi connectivity index (χ4n) is 2.48. The van der Waals surface area contributed by atoms with E-state index in [1.54, 1.807) is 12.1 Å². The van der Waals surface area contributed by atoms with Crippen molar-refractivity contribution in [2.75, 3.05) is 0 Å². The van der Waals surface area contributed by atoms with E-state index in [9.17, 15) is 9.18 Å². The first-order chi connectivity index (χ1) is 11.1. The zero-order valence-electron chi connectivity index (χ0n) is 12.7. The van der Waals surface area contributed by atoms with Crippen LogP contribution in [0.15, 0.2) is 42.6 Å². The number of pyridine rings is 1. The smallest absolute Gasteiger partial charge is 0.272 e. The van der Waals surface area contributed by atoms with E-state index in [-0.39, 0.29) is 24.8 Å². The third kappa shape index (κ3) is 2.93. The molecule has 0 radical (unpaired) electrons. The minimum absolute atomic E-state index is 0.0976. The van der Waals surface area contributed by atoms with Gasteiger partial charge >= 0.3 is 0 Å². The first-order valence-electron chi connectivity index (χ1n) is 7.29. The number of aryl methyl sites for hydroxylation is 1. The molecule has 3 aromatic rings. The number of halogens is 1. The van der Waals surface area contributed by atoms with Crippen LogP contribution in [-0.2, 0) is 13.1 Å². The van der Waals surface area contributed by atoms with Gasteiger partial charge in [0.05, 0.1) is 5.52 Å². The second-order valence-corrected chi connectivity index (χ2v) is 5.28. The van der Waals surface area contributed by atoms with Crippen molar-refractivity contribution in [2.24, 2.45) is 5.73 Å². The van der Waals surface area contributed by atoms with E-state index in [0.717, 1.165) is 11.3 Å². The molecule has 5 nitrogen and oxygen atoms in total. The zero-order chi connectivity index (χ0) is 16.4. The standard InChI is InChI=1S/C17H17FN4O/c1-11-21-16(15-4-2-3-7-22(11)15)17(23)20-10-13-6-5-12(9-19)8-14(13)18/h2-8H,9-10,19H2,1H3,(H,20,23). The lowest BCUT2D eigenvalue weighted by molar-refractivity contribution is 0.0947. The highest BCUT2D eigenvalue weighted by Crippen LogP contribution is 2.14. The van der Waals surface area contributed by atoms with Gasteiger partial charge in [-0.2, -0.15) is 0 Å². The Balaban J connectivity index is 1.79.